The lowest BCUT2D eigenvalue weighted by atomic mass is 10.1. The molecule has 4 rings (SSSR count). The van der Waals surface area contributed by atoms with Crippen LogP contribution >= 0.6 is 0 Å². The molecule has 4 aromatic rings. The van der Waals surface area contributed by atoms with Crippen LogP contribution in [0.2, 0.25) is 0 Å². The van der Waals surface area contributed by atoms with Gasteiger partial charge in [-0.3, -0.25) is 0 Å². The lowest BCUT2D eigenvalue weighted by Gasteiger charge is -2.17. The number of hydrogen-bond acceptors (Lipinski definition) is 5. The molecule has 0 saturated carbocycles. The Balaban J connectivity index is 1.87. The molecule has 0 fully saturated rings. The summed E-state index contributed by atoms with van der Waals surface area (Å²) in [5.41, 5.74) is 1.63. The van der Waals surface area contributed by atoms with Gasteiger partial charge < -0.3 is 14.2 Å². The highest BCUT2D eigenvalue weighted by atomic mass is 32.2. The quantitative estimate of drug-likeness (QED) is 0.490. The summed E-state index contributed by atoms with van der Waals surface area (Å²) < 4.78 is 31.9. The zero-order chi connectivity index (χ0) is 20.8. The molecule has 0 atom stereocenters. The minimum absolute atomic E-state index is 0.0896. The summed E-state index contributed by atoms with van der Waals surface area (Å²) in [5.74, 6) is 0.269. The van der Waals surface area contributed by atoms with Gasteiger partial charge >= 0.3 is 10.1 Å². The van der Waals surface area contributed by atoms with Crippen molar-refractivity contribution in [3.63, 3.8) is 0 Å². The van der Waals surface area contributed by atoms with E-state index in [-0.39, 0.29) is 16.4 Å². The molecule has 0 aliphatic heterocycles. The van der Waals surface area contributed by atoms with Crippen LogP contribution in [0.4, 0.5) is 5.69 Å². The van der Waals surface area contributed by atoms with E-state index >= 15 is 0 Å². The number of nitrogens with zero attached hydrogens (tertiary/aromatic N) is 1. The molecule has 0 saturated heterocycles. The zero-order valence-electron chi connectivity index (χ0n) is 16.4. The van der Waals surface area contributed by atoms with Crippen LogP contribution in [-0.4, -0.2) is 27.6 Å². The van der Waals surface area contributed by atoms with Crippen LogP contribution in [0.3, 0.4) is 0 Å². The Morgan fingerprint density at radius 2 is 1.55 bits per heavy atom. The predicted molar refractivity (Wildman–Crippen MR) is 116 cm³/mol. The molecule has 0 heterocycles. The van der Waals surface area contributed by atoms with Crippen molar-refractivity contribution in [2.24, 2.45) is 0 Å². The van der Waals surface area contributed by atoms with Crippen molar-refractivity contribution in [3.8, 4) is 11.5 Å². The number of phenols is 1. The number of anilines is 1. The van der Waals surface area contributed by atoms with Gasteiger partial charge in [-0.05, 0) is 48.2 Å². The van der Waals surface area contributed by atoms with Crippen LogP contribution < -0.4 is 9.08 Å². The first-order chi connectivity index (χ1) is 13.8. The second kappa shape index (κ2) is 6.97. The van der Waals surface area contributed by atoms with Crippen molar-refractivity contribution < 1.29 is 17.7 Å². The Morgan fingerprint density at radius 3 is 2.31 bits per heavy atom. The summed E-state index contributed by atoms with van der Waals surface area (Å²) in [6, 6.07) is 19.2. The molecule has 0 amide bonds. The summed E-state index contributed by atoms with van der Waals surface area (Å²) >= 11 is 0. The maximum absolute atomic E-state index is 13.2. The molecule has 0 bridgehead atoms. The maximum Gasteiger partial charge on any atom is 0.339 e. The summed E-state index contributed by atoms with van der Waals surface area (Å²) in [5, 5.41) is 12.8. The highest BCUT2D eigenvalue weighted by molar-refractivity contribution is 7.87. The van der Waals surface area contributed by atoms with E-state index in [1.54, 1.807) is 43.3 Å². The van der Waals surface area contributed by atoms with Gasteiger partial charge in [0.15, 0.2) is 5.75 Å². The molecular formula is C23H21NO4S. The summed E-state index contributed by atoms with van der Waals surface area (Å²) in [4.78, 5) is 2.04. The molecule has 0 spiro atoms. The first kappa shape index (κ1) is 19.1. The Hall–Kier alpha value is -3.25. The third-order valence-electron chi connectivity index (χ3n) is 4.97. The standard InChI is InChI=1S/C23H21NO4S/c1-15-13-16-7-4-11-22(19(16)14-21(15)25)28-29(26,27)23-12-6-8-17-18(23)9-5-10-20(17)24(2)3/h4-14,25H,1-3H3. The number of hydrogen-bond donors (Lipinski definition) is 1. The molecular weight excluding hydrogens is 386 g/mol. The average molecular weight is 407 g/mol. The predicted octanol–water partition coefficient (Wildman–Crippen LogP) is 4.84. The third-order valence-corrected chi connectivity index (χ3v) is 6.26. The van der Waals surface area contributed by atoms with E-state index in [0.717, 1.165) is 16.5 Å². The van der Waals surface area contributed by atoms with Crippen LogP contribution in [0.25, 0.3) is 21.5 Å². The highest BCUT2D eigenvalue weighted by Gasteiger charge is 2.22. The van der Waals surface area contributed by atoms with Crippen LogP contribution in [0.5, 0.6) is 11.5 Å². The van der Waals surface area contributed by atoms with Crippen molar-refractivity contribution >= 4 is 37.4 Å². The maximum atomic E-state index is 13.2. The first-order valence-electron chi connectivity index (χ1n) is 9.14. The lowest BCUT2D eigenvalue weighted by Crippen LogP contribution is -2.12. The van der Waals surface area contributed by atoms with Gasteiger partial charge in [0.2, 0.25) is 0 Å². The van der Waals surface area contributed by atoms with Crippen LogP contribution in [0.1, 0.15) is 5.56 Å². The van der Waals surface area contributed by atoms with Gasteiger partial charge in [-0.1, -0.05) is 36.4 Å². The summed E-state index contributed by atoms with van der Waals surface area (Å²) in [7, 11) is -0.270. The van der Waals surface area contributed by atoms with Gasteiger partial charge in [0.05, 0.1) is 0 Å². The Labute approximate surface area is 169 Å². The summed E-state index contributed by atoms with van der Waals surface area (Å²) in [6.45, 7) is 1.79. The SMILES string of the molecule is Cc1cc2cccc(OS(=O)(=O)c3cccc4c(N(C)C)cccc34)c2cc1O. The highest BCUT2D eigenvalue weighted by Crippen LogP contribution is 2.35. The second-order valence-corrected chi connectivity index (χ2v) is 8.69. The molecule has 0 aliphatic carbocycles. The normalized spacial score (nSPS) is 11.7. The number of aryl methyl sites for hydroxylation is 1. The molecule has 5 nitrogen and oxygen atoms in total. The number of aromatic hydroxyl groups is 1. The monoisotopic (exact) mass is 407 g/mol. The van der Waals surface area contributed by atoms with E-state index in [4.69, 9.17) is 4.18 Å². The topological polar surface area (TPSA) is 66.8 Å². The van der Waals surface area contributed by atoms with Gasteiger partial charge in [0.25, 0.3) is 0 Å². The summed E-state index contributed by atoms with van der Waals surface area (Å²) in [6.07, 6.45) is 0. The molecule has 0 unspecified atom stereocenters. The van der Waals surface area contributed by atoms with E-state index in [1.165, 1.54) is 6.07 Å². The Morgan fingerprint density at radius 1 is 0.862 bits per heavy atom. The van der Waals surface area contributed by atoms with Crippen molar-refractivity contribution in [1.29, 1.82) is 0 Å². The van der Waals surface area contributed by atoms with Crippen molar-refractivity contribution in [2.45, 2.75) is 11.8 Å². The first-order valence-corrected chi connectivity index (χ1v) is 10.5. The van der Waals surface area contributed by atoms with Gasteiger partial charge in [-0.15, -0.1) is 0 Å². The van der Waals surface area contributed by atoms with Gasteiger partial charge in [-0.2, -0.15) is 8.42 Å². The molecule has 6 heteroatoms. The minimum atomic E-state index is -4.10. The number of rotatable bonds is 4. The van der Waals surface area contributed by atoms with E-state index in [2.05, 4.69) is 0 Å². The van der Waals surface area contributed by atoms with Crippen LogP contribution in [0.15, 0.2) is 71.6 Å². The average Bonchev–Trinajstić information content (AvgIpc) is 2.68. The molecule has 0 radical (unpaired) electrons. The lowest BCUT2D eigenvalue weighted by molar-refractivity contribution is 0.470. The largest absolute Gasteiger partial charge is 0.508 e. The second-order valence-electron chi connectivity index (χ2n) is 7.18. The Bertz CT molecular complexity index is 1340. The van der Waals surface area contributed by atoms with E-state index in [1.807, 2.05) is 43.3 Å². The fourth-order valence-electron chi connectivity index (χ4n) is 3.51. The van der Waals surface area contributed by atoms with Gasteiger partial charge in [0.1, 0.15) is 10.6 Å². The van der Waals surface area contributed by atoms with Crippen LogP contribution in [0, 0.1) is 6.92 Å². The zero-order valence-corrected chi connectivity index (χ0v) is 17.2. The van der Waals surface area contributed by atoms with E-state index in [9.17, 15) is 13.5 Å². The fourth-order valence-corrected chi connectivity index (χ4v) is 4.67. The number of benzene rings is 4. The van der Waals surface area contributed by atoms with E-state index in [0.29, 0.717) is 16.3 Å². The van der Waals surface area contributed by atoms with Crippen molar-refractivity contribution in [1.82, 2.24) is 0 Å². The molecule has 0 aromatic heterocycles. The minimum Gasteiger partial charge on any atom is -0.508 e. The number of fused-ring (bicyclic) bond motifs is 2. The number of phenolic OH excluding ortho intramolecular Hbond substituents is 1. The smallest absolute Gasteiger partial charge is 0.339 e. The Kier molecular flexibility index (Phi) is 4.59. The van der Waals surface area contributed by atoms with Crippen molar-refractivity contribution in [3.05, 3.63) is 72.3 Å². The fraction of sp³-hybridized carbons (Fsp3) is 0.130. The molecule has 148 valence electrons. The molecule has 1 N–H and O–H groups in total. The van der Waals surface area contributed by atoms with E-state index < -0.39 is 10.1 Å². The van der Waals surface area contributed by atoms with Gasteiger partial charge in [0, 0.05) is 35.9 Å². The van der Waals surface area contributed by atoms with Gasteiger partial charge in [-0.25, -0.2) is 0 Å². The van der Waals surface area contributed by atoms with Crippen LogP contribution in [-0.2, 0) is 10.1 Å². The molecule has 29 heavy (non-hydrogen) atoms. The molecule has 4 aromatic carbocycles. The van der Waals surface area contributed by atoms with Crippen molar-refractivity contribution in [2.75, 3.05) is 19.0 Å². The third kappa shape index (κ3) is 3.36. The molecule has 0 aliphatic rings.